The molecule has 116 valence electrons. The van der Waals surface area contributed by atoms with E-state index in [0.717, 1.165) is 32.5 Å². The Balaban J connectivity index is 2.26. The normalized spacial score (nSPS) is 18.7. The summed E-state index contributed by atoms with van der Waals surface area (Å²) in [6.07, 6.45) is 1.89. The number of rotatable bonds is 6. The van der Waals surface area contributed by atoms with Crippen LogP contribution in [0.5, 0.6) is 0 Å². The number of anilines is 2. The van der Waals surface area contributed by atoms with Crippen LogP contribution in [0.4, 0.5) is 17.5 Å². The molecule has 1 aromatic rings. The van der Waals surface area contributed by atoms with Gasteiger partial charge in [-0.05, 0) is 33.4 Å². The standard InChI is InChI=1S/C13H22N6O2/c1-4-6-14-13-15-9(2)11(19(20)21)12(17-13)16-10-5-7-18(3)8-10/h10H,4-8H2,1-3H3,(H2,14,15,16,17). The average molecular weight is 294 g/mol. The lowest BCUT2D eigenvalue weighted by atomic mass is 10.2. The molecule has 1 unspecified atom stereocenters. The van der Waals surface area contributed by atoms with Gasteiger partial charge in [0.1, 0.15) is 5.69 Å². The third kappa shape index (κ3) is 3.78. The van der Waals surface area contributed by atoms with E-state index in [1.54, 1.807) is 6.92 Å². The maximum Gasteiger partial charge on any atom is 0.332 e. The van der Waals surface area contributed by atoms with E-state index in [1.165, 1.54) is 0 Å². The lowest BCUT2D eigenvalue weighted by Crippen LogP contribution is -2.25. The van der Waals surface area contributed by atoms with Gasteiger partial charge in [-0.1, -0.05) is 6.92 Å². The number of nitrogens with zero attached hydrogens (tertiary/aromatic N) is 4. The number of aromatic nitrogens is 2. The van der Waals surface area contributed by atoms with Gasteiger partial charge in [-0.25, -0.2) is 4.98 Å². The summed E-state index contributed by atoms with van der Waals surface area (Å²) in [5.41, 5.74) is 0.342. The Bertz CT molecular complexity index is 522. The van der Waals surface area contributed by atoms with Gasteiger partial charge in [-0.3, -0.25) is 10.1 Å². The molecule has 2 N–H and O–H groups in total. The van der Waals surface area contributed by atoms with Gasteiger partial charge in [0.05, 0.1) is 4.92 Å². The van der Waals surface area contributed by atoms with Crippen molar-refractivity contribution in [2.45, 2.75) is 32.7 Å². The molecule has 8 nitrogen and oxygen atoms in total. The summed E-state index contributed by atoms with van der Waals surface area (Å²) in [4.78, 5) is 21.5. The Labute approximate surface area is 124 Å². The second-order valence-corrected chi connectivity index (χ2v) is 5.41. The molecule has 8 heteroatoms. The summed E-state index contributed by atoms with van der Waals surface area (Å²) in [5.74, 6) is 0.750. The van der Waals surface area contributed by atoms with Crippen LogP contribution in [0.3, 0.4) is 0 Å². The second kappa shape index (κ2) is 6.66. The first-order valence-corrected chi connectivity index (χ1v) is 7.23. The molecule has 0 spiro atoms. The van der Waals surface area contributed by atoms with E-state index in [0.29, 0.717) is 17.5 Å². The zero-order valence-corrected chi connectivity index (χ0v) is 12.7. The van der Waals surface area contributed by atoms with Crippen LogP contribution in [0, 0.1) is 17.0 Å². The van der Waals surface area contributed by atoms with E-state index in [4.69, 9.17) is 0 Å². The number of hydrogen-bond donors (Lipinski definition) is 2. The maximum absolute atomic E-state index is 11.3. The minimum Gasteiger partial charge on any atom is -0.360 e. The lowest BCUT2D eigenvalue weighted by Gasteiger charge is -2.15. The van der Waals surface area contributed by atoms with Gasteiger partial charge < -0.3 is 15.5 Å². The number of nitrogens with one attached hydrogen (secondary N) is 2. The van der Waals surface area contributed by atoms with Gasteiger partial charge in [0.15, 0.2) is 0 Å². The first kappa shape index (κ1) is 15.4. The number of nitro groups is 1. The van der Waals surface area contributed by atoms with Crippen LogP contribution in [0.2, 0.25) is 0 Å². The summed E-state index contributed by atoms with van der Waals surface area (Å²) in [6.45, 7) is 6.26. The third-order valence-corrected chi connectivity index (χ3v) is 3.51. The van der Waals surface area contributed by atoms with Gasteiger partial charge in [-0.2, -0.15) is 4.98 Å². The van der Waals surface area contributed by atoms with Crippen molar-refractivity contribution in [3.05, 3.63) is 15.8 Å². The van der Waals surface area contributed by atoms with Crippen LogP contribution in [0.1, 0.15) is 25.5 Å². The van der Waals surface area contributed by atoms with E-state index < -0.39 is 4.92 Å². The van der Waals surface area contributed by atoms with Crippen molar-refractivity contribution in [1.29, 1.82) is 0 Å². The van der Waals surface area contributed by atoms with Crippen LogP contribution >= 0.6 is 0 Å². The van der Waals surface area contributed by atoms with Crippen molar-refractivity contribution in [2.75, 3.05) is 37.3 Å². The maximum atomic E-state index is 11.3. The van der Waals surface area contributed by atoms with Crippen LogP contribution in [-0.4, -0.2) is 52.5 Å². The fourth-order valence-electron chi connectivity index (χ4n) is 2.45. The number of hydrogen-bond acceptors (Lipinski definition) is 7. The molecule has 1 saturated heterocycles. The Morgan fingerprint density at radius 2 is 2.24 bits per heavy atom. The summed E-state index contributed by atoms with van der Waals surface area (Å²) >= 11 is 0. The molecule has 1 atom stereocenters. The SMILES string of the molecule is CCCNc1nc(C)c([N+](=O)[O-])c(NC2CCN(C)C2)n1. The molecule has 2 rings (SSSR count). The predicted octanol–water partition coefficient (Wildman–Crippen LogP) is 1.63. The highest BCUT2D eigenvalue weighted by Gasteiger charge is 2.26. The summed E-state index contributed by atoms with van der Waals surface area (Å²) in [6, 6.07) is 0.182. The van der Waals surface area contributed by atoms with Crippen LogP contribution in [0.15, 0.2) is 0 Å². The van der Waals surface area contributed by atoms with E-state index in [2.05, 4.69) is 25.5 Å². The molecular formula is C13H22N6O2. The first-order valence-electron chi connectivity index (χ1n) is 7.23. The summed E-state index contributed by atoms with van der Waals surface area (Å²) in [5, 5.41) is 17.5. The Morgan fingerprint density at radius 1 is 1.48 bits per heavy atom. The van der Waals surface area contributed by atoms with Gasteiger partial charge in [0, 0.05) is 19.1 Å². The summed E-state index contributed by atoms with van der Waals surface area (Å²) in [7, 11) is 2.04. The monoisotopic (exact) mass is 294 g/mol. The van der Waals surface area contributed by atoms with E-state index in [-0.39, 0.29) is 11.7 Å². The second-order valence-electron chi connectivity index (χ2n) is 5.41. The fourth-order valence-corrected chi connectivity index (χ4v) is 2.45. The zero-order valence-electron chi connectivity index (χ0n) is 12.7. The van der Waals surface area contributed by atoms with Crippen molar-refractivity contribution in [3.8, 4) is 0 Å². The molecule has 0 aromatic carbocycles. The minimum absolute atomic E-state index is 0.0356. The Kier molecular flexibility index (Phi) is 4.89. The van der Waals surface area contributed by atoms with Gasteiger partial charge in [0.25, 0.3) is 0 Å². The molecule has 0 saturated carbocycles. The number of aryl methyl sites for hydroxylation is 1. The molecule has 1 fully saturated rings. The molecular weight excluding hydrogens is 272 g/mol. The first-order chi connectivity index (χ1) is 10.0. The van der Waals surface area contributed by atoms with Crippen molar-refractivity contribution in [3.63, 3.8) is 0 Å². The highest BCUT2D eigenvalue weighted by Crippen LogP contribution is 2.28. The van der Waals surface area contributed by atoms with Crippen molar-refractivity contribution >= 4 is 17.5 Å². The third-order valence-electron chi connectivity index (χ3n) is 3.51. The van der Waals surface area contributed by atoms with Crippen LogP contribution in [-0.2, 0) is 0 Å². The van der Waals surface area contributed by atoms with Gasteiger partial charge in [0.2, 0.25) is 11.8 Å². The molecule has 0 bridgehead atoms. The van der Waals surface area contributed by atoms with E-state index in [9.17, 15) is 10.1 Å². The van der Waals surface area contributed by atoms with Crippen molar-refractivity contribution < 1.29 is 4.92 Å². The molecule has 1 aliphatic rings. The molecule has 0 aliphatic carbocycles. The highest BCUT2D eigenvalue weighted by atomic mass is 16.6. The van der Waals surface area contributed by atoms with Crippen molar-refractivity contribution in [2.24, 2.45) is 0 Å². The topological polar surface area (TPSA) is 96.2 Å². The Morgan fingerprint density at radius 3 is 2.81 bits per heavy atom. The van der Waals surface area contributed by atoms with Gasteiger partial charge in [-0.15, -0.1) is 0 Å². The van der Waals surface area contributed by atoms with E-state index >= 15 is 0 Å². The fraction of sp³-hybridized carbons (Fsp3) is 0.692. The number of likely N-dealkylation sites (N-methyl/N-ethyl adjacent to an activating group) is 1. The molecule has 1 aliphatic heterocycles. The average Bonchev–Trinajstić information content (AvgIpc) is 2.80. The van der Waals surface area contributed by atoms with Crippen LogP contribution in [0.25, 0.3) is 0 Å². The minimum atomic E-state index is -0.417. The number of likely N-dealkylation sites (tertiary alicyclic amines) is 1. The quantitative estimate of drug-likeness (QED) is 0.608. The predicted molar refractivity (Wildman–Crippen MR) is 81.7 cm³/mol. The zero-order chi connectivity index (χ0) is 15.4. The highest BCUT2D eigenvalue weighted by molar-refractivity contribution is 5.61. The molecule has 0 amide bonds. The Hall–Kier alpha value is -1.96. The van der Waals surface area contributed by atoms with Crippen LogP contribution < -0.4 is 10.6 Å². The molecule has 2 heterocycles. The van der Waals surface area contributed by atoms with Crippen molar-refractivity contribution in [1.82, 2.24) is 14.9 Å². The van der Waals surface area contributed by atoms with E-state index in [1.807, 2.05) is 14.0 Å². The summed E-state index contributed by atoms with van der Waals surface area (Å²) < 4.78 is 0. The molecule has 1 aromatic heterocycles. The smallest absolute Gasteiger partial charge is 0.332 e. The lowest BCUT2D eigenvalue weighted by molar-refractivity contribution is -0.385. The largest absolute Gasteiger partial charge is 0.360 e. The molecule has 0 radical (unpaired) electrons. The van der Waals surface area contributed by atoms with Gasteiger partial charge >= 0.3 is 5.69 Å². The molecule has 21 heavy (non-hydrogen) atoms.